The number of alkyl halides is 3. The van der Waals surface area contributed by atoms with Crippen LogP contribution in [0.15, 0.2) is 77.7 Å². The molecular formula is C24H22ClF3N2OS. The minimum atomic E-state index is -4.54. The molecule has 2 unspecified atom stereocenters. The molecule has 0 aliphatic carbocycles. The number of benzene rings is 3. The fourth-order valence-electron chi connectivity index (χ4n) is 3.82. The SMILES string of the molecule is O=S(NC1CCN(Cc2ccc(-c3ccccc3)cc2)C1)c1cc(Cl)cc(C(F)(F)F)c1. The van der Waals surface area contributed by atoms with Crippen LogP contribution in [-0.2, 0) is 23.7 Å². The number of hydrogen-bond acceptors (Lipinski definition) is 2. The molecule has 1 saturated heterocycles. The first-order chi connectivity index (χ1) is 15.3. The van der Waals surface area contributed by atoms with Gasteiger partial charge in [0.05, 0.1) is 10.5 Å². The standard InChI is InChI=1S/C24H22ClF3N2OS/c25-21-12-20(24(26,27)28)13-23(14-21)32(31)29-22-10-11-30(16-22)15-17-6-8-19(9-7-17)18-4-2-1-3-5-18/h1-9,12-14,22,29H,10-11,15-16H2. The number of rotatable bonds is 6. The summed E-state index contributed by atoms with van der Waals surface area (Å²) in [5, 5.41) is -0.0861. The van der Waals surface area contributed by atoms with E-state index in [1.807, 2.05) is 18.2 Å². The van der Waals surface area contributed by atoms with Gasteiger partial charge in [0, 0.05) is 30.7 Å². The van der Waals surface area contributed by atoms with Gasteiger partial charge in [0.2, 0.25) is 0 Å². The summed E-state index contributed by atoms with van der Waals surface area (Å²) in [7, 11) is -1.78. The van der Waals surface area contributed by atoms with Crippen molar-refractivity contribution in [2.45, 2.75) is 30.1 Å². The van der Waals surface area contributed by atoms with Crippen LogP contribution in [0.5, 0.6) is 0 Å². The Morgan fingerprint density at radius 2 is 1.69 bits per heavy atom. The molecule has 0 aromatic heterocycles. The number of halogens is 4. The number of nitrogens with zero attached hydrogens (tertiary/aromatic N) is 1. The topological polar surface area (TPSA) is 32.3 Å². The lowest BCUT2D eigenvalue weighted by molar-refractivity contribution is -0.137. The van der Waals surface area contributed by atoms with Crippen molar-refractivity contribution in [1.29, 1.82) is 0 Å². The van der Waals surface area contributed by atoms with E-state index < -0.39 is 22.7 Å². The maximum absolute atomic E-state index is 13.0. The van der Waals surface area contributed by atoms with Gasteiger partial charge in [-0.25, -0.2) is 8.93 Å². The van der Waals surface area contributed by atoms with Gasteiger partial charge in [-0.1, -0.05) is 66.2 Å². The van der Waals surface area contributed by atoms with E-state index in [2.05, 4.69) is 46.0 Å². The Morgan fingerprint density at radius 1 is 1.00 bits per heavy atom. The van der Waals surface area contributed by atoms with Crippen LogP contribution in [-0.4, -0.2) is 28.2 Å². The van der Waals surface area contributed by atoms with Gasteiger partial charge in [0.25, 0.3) is 0 Å². The summed E-state index contributed by atoms with van der Waals surface area (Å²) < 4.78 is 54.6. The van der Waals surface area contributed by atoms with Gasteiger partial charge in [0.15, 0.2) is 0 Å². The van der Waals surface area contributed by atoms with E-state index in [-0.39, 0.29) is 16.0 Å². The number of hydrogen-bond donors (Lipinski definition) is 1. The third-order valence-corrected chi connectivity index (χ3v) is 6.86. The van der Waals surface area contributed by atoms with E-state index in [0.717, 1.165) is 37.2 Å². The smallest absolute Gasteiger partial charge is 0.297 e. The van der Waals surface area contributed by atoms with Crippen molar-refractivity contribution in [3.05, 3.63) is 88.9 Å². The first-order valence-corrected chi connectivity index (χ1v) is 11.7. The van der Waals surface area contributed by atoms with Crippen molar-refractivity contribution >= 4 is 22.6 Å². The largest absolute Gasteiger partial charge is 0.416 e. The molecule has 1 fully saturated rings. The van der Waals surface area contributed by atoms with E-state index in [1.165, 1.54) is 17.2 Å². The zero-order valence-electron chi connectivity index (χ0n) is 17.1. The maximum Gasteiger partial charge on any atom is 0.416 e. The van der Waals surface area contributed by atoms with Crippen LogP contribution in [0.4, 0.5) is 13.2 Å². The number of likely N-dealkylation sites (tertiary alicyclic amines) is 1. The molecule has 3 aromatic carbocycles. The summed E-state index contributed by atoms with van der Waals surface area (Å²) in [6.07, 6.45) is -3.77. The van der Waals surface area contributed by atoms with Crippen LogP contribution >= 0.6 is 11.6 Å². The molecule has 0 amide bonds. The lowest BCUT2D eigenvalue weighted by Gasteiger charge is -2.17. The molecule has 3 aromatic rings. The fourth-order valence-corrected chi connectivity index (χ4v) is 5.22. The van der Waals surface area contributed by atoms with Crippen LogP contribution in [0, 0.1) is 0 Å². The Bertz CT molecular complexity index is 1090. The predicted molar refractivity (Wildman–Crippen MR) is 122 cm³/mol. The molecule has 2 atom stereocenters. The van der Waals surface area contributed by atoms with Gasteiger partial charge in [-0.05, 0) is 41.3 Å². The van der Waals surface area contributed by atoms with Crippen molar-refractivity contribution in [3.8, 4) is 11.1 Å². The molecule has 1 heterocycles. The van der Waals surface area contributed by atoms with Gasteiger partial charge in [0.1, 0.15) is 11.0 Å². The highest BCUT2D eigenvalue weighted by molar-refractivity contribution is 7.83. The molecule has 0 spiro atoms. The molecule has 3 nitrogen and oxygen atoms in total. The highest BCUT2D eigenvalue weighted by Gasteiger charge is 2.32. The molecular weight excluding hydrogens is 457 g/mol. The normalized spacial score (nSPS) is 18.1. The molecule has 0 saturated carbocycles. The Kier molecular flexibility index (Phi) is 7.00. The van der Waals surface area contributed by atoms with E-state index >= 15 is 0 Å². The van der Waals surface area contributed by atoms with Crippen molar-refractivity contribution in [1.82, 2.24) is 9.62 Å². The molecule has 1 N–H and O–H groups in total. The first-order valence-electron chi connectivity index (χ1n) is 10.2. The van der Waals surface area contributed by atoms with Crippen LogP contribution in [0.2, 0.25) is 5.02 Å². The van der Waals surface area contributed by atoms with Gasteiger partial charge >= 0.3 is 6.18 Å². The summed E-state index contributed by atoms with van der Waals surface area (Å²) >= 11 is 5.81. The number of nitrogens with one attached hydrogen (secondary N) is 1. The van der Waals surface area contributed by atoms with Crippen molar-refractivity contribution < 1.29 is 17.4 Å². The lowest BCUT2D eigenvalue weighted by atomic mass is 10.0. The molecule has 1 aliphatic rings. The van der Waals surface area contributed by atoms with Crippen LogP contribution in [0.25, 0.3) is 11.1 Å². The van der Waals surface area contributed by atoms with Gasteiger partial charge in [-0.3, -0.25) is 4.90 Å². The van der Waals surface area contributed by atoms with E-state index in [1.54, 1.807) is 0 Å². The second-order valence-electron chi connectivity index (χ2n) is 7.84. The molecule has 168 valence electrons. The van der Waals surface area contributed by atoms with E-state index in [9.17, 15) is 17.4 Å². The van der Waals surface area contributed by atoms with Gasteiger partial charge < -0.3 is 0 Å². The summed E-state index contributed by atoms with van der Waals surface area (Å²) in [6, 6.07) is 21.5. The molecule has 1 aliphatic heterocycles. The van der Waals surface area contributed by atoms with E-state index in [4.69, 9.17) is 11.6 Å². The van der Waals surface area contributed by atoms with Crippen molar-refractivity contribution in [2.24, 2.45) is 0 Å². The average Bonchev–Trinajstić information content (AvgIpc) is 3.20. The Labute approximate surface area is 192 Å². The quantitative estimate of drug-likeness (QED) is 0.477. The monoisotopic (exact) mass is 478 g/mol. The van der Waals surface area contributed by atoms with Gasteiger partial charge in [-0.15, -0.1) is 0 Å². The van der Waals surface area contributed by atoms with Crippen molar-refractivity contribution in [2.75, 3.05) is 13.1 Å². The highest BCUT2D eigenvalue weighted by atomic mass is 35.5. The van der Waals surface area contributed by atoms with E-state index in [0.29, 0.717) is 6.54 Å². The van der Waals surface area contributed by atoms with Crippen LogP contribution in [0.3, 0.4) is 0 Å². The van der Waals surface area contributed by atoms with Crippen LogP contribution in [0.1, 0.15) is 17.5 Å². The summed E-state index contributed by atoms with van der Waals surface area (Å²) in [5.41, 5.74) is 2.60. The minimum Gasteiger partial charge on any atom is -0.297 e. The molecule has 8 heteroatoms. The van der Waals surface area contributed by atoms with Gasteiger partial charge in [-0.2, -0.15) is 13.2 Å². The summed E-state index contributed by atoms with van der Waals surface area (Å²) in [4.78, 5) is 2.27. The minimum absolute atomic E-state index is 0.0276. The molecule has 4 rings (SSSR count). The molecule has 0 bridgehead atoms. The Hall–Kier alpha value is -2.19. The zero-order chi connectivity index (χ0) is 22.7. The summed E-state index contributed by atoms with van der Waals surface area (Å²) in [6.45, 7) is 2.24. The van der Waals surface area contributed by atoms with Crippen molar-refractivity contribution in [3.63, 3.8) is 0 Å². The summed E-state index contributed by atoms with van der Waals surface area (Å²) in [5.74, 6) is 0. The lowest BCUT2D eigenvalue weighted by Crippen LogP contribution is -2.33. The third-order valence-electron chi connectivity index (χ3n) is 5.43. The zero-order valence-corrected chi connectivity index (χ0v) is 18.7. The maximum atomic E-state index is 13.0. The Morgan fingerprint density at radius 3 is 2.38 bits per heavy atom. The molecule has 32 heavy (non-hydrogen) atoms. The first kappa shape index (κ1) is 23.0. The van der Waals surface area contributed by atoms with Crippen LogP contribution < -0.4 is 4.72 Å². The highest BCUT2D eigenvalue weighted by Crippen LogP contribution is 2.32. The average molecular weight is 479 g/mol. The second-order valence-corrected chi connectivity index (χ2v) is 9.52. The fraction of sp³-hybridized carbons (Fsp3) is 0.250. The Balaban J connectivity index is 1.34. The molecule has 0 radical (unpaired) electrons. The predicted octanol–water partition coefficient (Wildman–Crippen LogP) is 5.91. The second kappa shape index (κ2) is 9.75. The third kappa shape index (κ3) is 5.78.